The van der Waals surface area contributed by atoms with Crippen LogP contribution in [-0.2, 0) is 11.8 Å². The Kier molecular flexibility index (Phi) is 4.62. The lowest BCUT2D eigenvalue weighted by atomic mass is 9.86. The lowest BCUT2D eigenvalue weighted by molar-refractivity contribution is -0.116. The topological polar surface area (TPSA) is 73.2 Å². The van der Waals surface area contributed by atoms with Gasteiger partial charge in [0.15, 0.2) is 5.16 Å². The molecule has 0 saturated carbocycles. The van der Waals surface area contributed by atoms with Crippen LogP contribution in [0.15, 0.2) is 34.2 Å². The van der Waals surface area contributed by atoms with Crippen LogP contribution < -0.4 is 15.6 Å². The standard InChI is InChI=1S/C17H19N3O3S/c1-4-24-17-19-16(22)14-12(9-13(21)18-15(14)20(17)2)10-6-5-7-11(8-10)23-3/h5-8,12H,4,9H2,1-3H3,(H,18,21)/t12-/m0/s1. The van der Waals surface area contributed by atoms with Crippen molar-refractivity contribution in [1.29, 1.82) is 0 Å². The van der Waals surface area contributed by atoms with Crippen LogP contribution in [-0.4, -0.2) is 28.3 Å². The number of hydrogen-bond donors (Lipinski definition) is 1. The molecule has 0 spiro atoms. The first-order valence-corrected chi connectivity index (χ1v) is 8.71. The van der Waals surface area contributed by atoms with Gasteiger partial charge in [-0.25, -0.2) is 0 Å². The second-order valence-electron chi connectivity index (χ2n) is 5.54. The molecule has 24 heavy (non-hydrogen) atoms. The molecule has 1 aromatic heterocycles. The molecule has 0 saturated heterocycles. The van der Waals surface area contributed by atoms with Crippen LogP contribution in [0.1, 0.15) is 30.4 Å². The number of thioether (sulfide) groups is 1. The van der Waals surface area contributed by atoms with Crippen LogP contribution >= 0.6 is 11.8 Å². The van der Waals surface area contributed by atoms with E-state index in [1.807, 2.05) is 38.2 Å². The van der Waals surface area contributed by atoms with Crippen LogP contribution in [0, 0.1) is 0 Å². The summed E-state index contributed by atoms with van der Waals surface area (Å²) in [6, 6.07) is 7.47. The van der Waals surface area contributed by atoms with Crippen molar-refractivity contribution in [2.45, 2.75) is 24.4 Å². The second-order valence-corrected chi connectivity index (χ2v) is 6.77. The summed E-state index contributed by atoms with van der Waals surface area (Å²) < 4.78 is 7.05. The number of anilines is 1. The number of amides is 1. The molecular formula is C17H19N3O3S. The molecule has 0 fully saturated rings. The van der Waals surface area contributed by atoms with Gasteiger partial charge in [0.1, 0.15) is 11.6 Å². The lowest BCUT2D eigenvalue weighted by Crippen LogP contribution is -2.33. The Hall–Kier alpha value is -2.28. The van der Waals surface area contributed by atoms with E-state index < -0.39 is 0 Å². The second kappa shape index (κ2) is 6.68. The number of nitrogens with one attached hydrogen (secondary N) is 1. The minimum Gasteiger partial charge on any atom is -0.497 e. The Balaban J connectivity index is 2.18. The molecule has 0 aliphatic carbocycles. The van der Waals surface area contributed by atoms with E-state index in [2.05, 4.69) is 10.3 Å². The van der Waals surface area contributed by atoms with E-state index in [1.165, 1.54) is 11.8 Å². The Morgan fingerprint density at radius 1 is 1.42 bits per heavy atom. The zero-order valence-corrected chi connectivity index (χ0v) is 14.6. The Morgan fingerprint density at radius 3 is 2.92 bits per heavy atom. The number of carbonyl (C=O) groups is 1. The van der Waals surface area contributed by atoms with Gasteiger partial charge in [-0.3, -0.25) is 9.59 Å². The van der Waals surface area contributed by atoms with Gasteiger partial charge in [0.25, 0.3) is 5.56 Å². The largest absolute Gasteiger partial charge is 0.497 e. The zero-order chi connectivity index (χ0) is 17.3. The van der Waals surface area contributed by atoms with Crippen molar-refractivity contribution in [3.63, 3.8) is 0 Å². The van der Waals surface area contributed by atoms with Gasteiger partial charge in [-0.15, -0.1) is 0 Å². The molecule has 1 aliphatic rings. The number of rotatable bonds is 4. The molecule has 0 radical (unpaired) electrons. The van der Waals surface area contributed by atoms with E-state index in [4.69, 9.17) is 4.74 Å². The van der Waals surface area contributed by atoms with E-state index in [0.717, 1.165) is 11.3 Å². The third-order valence-electron chi connectivity index (χ3n) is 4.07. The van der Waals surface area contributed by atoms with Crippen LogP contribution in [0.4, 0.5) is 5.82 Å². The van der Waals surface area contributed by atoms with E-state index in [-0.39, 0.29) is 23.8 Å². The number of hydrogen-bond acceptors (Lipinski definition) is 5. The molecule has 0 unspecified atom stereocenters. The molecule has 2 heterocycles. The fraction of sp³-hybridized carbons (Fsp3) is 0.353. The molecule has 1 aromatic carbocycles. The highest BCUT2D eigenvalue weighted by atomic mass is 32.2. The average Bonchev–Trinajstić information content (AvgIpc) is 2.59. The summed E-state index contributed by atoms with van der Waals surface area (Å²) >= 11 is 1.47. The number of ether oxygens (including phenoxy) is 1. The molecule has 0 bridgehead atoms. The molecule has 1 amide bonds. The maximum atomic E-state index is 12.6. The molecule has 126 valence electrons. The van der Waals surface area contributed by atoms with Crippen molar-refractivity contribution in [3.05, 3.63) is 45.7 Å². The minimum absolute atomic E-state index is 0.107. The summed E-state index contributed by atoms with van der Waals surface area (Å²) in [7, 11) is 3.41. The molecule has 3 rings (SSSR count). The van der Waals surface area contributed by atoms with E-state index in [9.17, 15) is 9.59 Å². The van der Waals surface area contributed by atoms with Gasteiger partial charge in [0.2, 0.25) is 5.91 Å². The highest BCUT2D eigenvalue weighted by molar-refractivity contribution is 7.99. The van der Waals surface area contributed by atoms with Gasteiger partial charge in [0, 0.05) is 19.4 Å². The van der Waals surface area contributed by atoms with Crippen LogP contribution in [0.3, 0.4) is 0 Å². The van der Waals surface area contributed by atoms with E-state index in [0.29, 0.717) is 22.3 Å². The number of benzene rings is 1. The molecule has 6 nitrogen and oxygen atoms in total. The highest BCUT2D eigenvalue weighted by Gasteiger charge is 2.32. The summed E-state index contributed by atoms with van der Waals surface area (Å²) in [5.74, 6) is 1.60. The minimum atomic E-state index is -0.323. The molecule has 7 heteroatoms. The van der Waals surface area contributed by atoms with Crippen LogP contribution in [0.2, 0.25) is 0 Å². The molecule has 2 aromatic rings. The molecular weight excluding hydrogens is 326 g/mol. The normalized spacial score (nSPS) is 16.5. The van der Waals surface area contributed by atoms with Crippen LogP contribution in [0.25, 0.3) is 0 Å². The number of methoxy groups -OCH3 is 1. The predicted molar refractivity (Wildman–Crippen MR) is 94.0 cm³/mol. The van der Waals surface area contributed by atoms with E-state index in [1.54, 1.807) is 11.7 Å². The van der Waals surface area contributed by atoms with Gasteiger partial charge in [-0.2, -0.15) is 4.98 Å². The number of carbonyl (C=O) groups excluding carboxylic acids is 1. The molecule has 1 N–H and O–H groups in total. The molecule has 1 atom stereocenters. The predicted octanol–water partition coefficient (Wildman–Crippen LogP) is 2.38. The van der Waals surface area contributed by atoms with Gasteiger partial charge in [-0.1, -0.05) is 30.8 Å². The monoisotopic (exact) mass is 345 g/mol. The first-order chi connectivity index (χ1) is 11.5. The Bertz CT molecular complexity index is 847. The quantitative estimate of drug-likeness (QED) is 0.680. The van der Waals surface area contributed by atoms with Gasteiger partial charge in [0.05, 0.1) is 12.7 Å². The average molecular weight is 345 g/mol. The van der Waals surface area contributed by atoms with Gasteiger partial charge < -0.3 is 14.6 Å². The van der Waals surface area contributed by atoms with Crippen molar-refractivity contribution in [2.75, 3.05) is 18.2 Å². The van der Waals surface area contributed by atoms with Crippen molar-refractivity contribution in [1.82, 2.24) is 9.55 Å². The Morgan fingerprint density at radius 2 is 2.21 bits per heavy atom. The van der Waals surface area contributed by atoms with Crippen LogP contribution in [0.5, 0.6) is 5.75 Å². The third kappa shape index (κ3) is 2.91. The fourth-order valence-electron chi connectivity index (χ4n) is 2.94. The fourth-order valence-corrected chi connectivity index (χ4v) is 3.63. The van der Waals surface area contributed by atoms with Gasteiger partial charge in [-0.05, 0) is 23.4 Å². The summed E-state index contributed by atoms with van der Waals surface area (Å²) in [5.41, 5.74) is 1.12. The summed E-state index contributed by atoms with van der Waals surface area (Å²) in [5, 5.41) is 3.44. The third-order valence-corrected chi connectivity index (χ3v) is 4.98. The first-order valence-electron chi connectivity index (χ1n) is 7.72. The lowest BCUT2D eigenvalue weighted by Gasteiger charge is -2.27. The smallest absolute Gasteiger partial charge is 0.279 e. The van der Waals surface area contributed by atoms with Crippen molar-refractivity contribution >= 4 is 23.5 Å². The van der Waals surface area contributed by atoms with Crippen molar-refractivity contribution < 1.29 is 9.53 Å². The van der Waals surface area contributed by atoms with Gasteiger partial charge >= 0.3 is 0 Å². The zero-order valence-electron chi connectivity index (χ0n) is 13.8. The summed E-state index contributed by atoms with van der Waals surface area (Å²) in [6.45, 7) is 1.99. The van der Waals surface area contributed by atoms with Crippen molar-refractivity contribution in [3.8, 4) is 5.75 Å². The maximum absolute atomic E-state index is 12.6. The SMILES string of the molecule is CCSc1nc(=O)c2c(n1C)NC(=O)C[C@H]2c1cccc(OC)c1. The van der Waals surface area contributed by atoms with E-state index >= 15 is 0 Å². The summed E-state index contributed by atoms with van der Waals surface area (Å²) in [4.78, 5) is 29.1. The number of aromatic nitrogens is 2. The number of nitrogens with zero attached hydrogens (tertiary/aromatic N) is 2. The number of fused-ring (bicyclic) bond motifs is 1. The molecule has 1 aliphatic heterocycles. The maximum Gasteiger partial charge on any atom is 0.279 e. The highest BCUT2D eigenvalue weighted by Crippen LogP contribution is 2.36. The first kappa shape index (κ1) is 16.6. The van der Waals surface area contributed by atoms with Crippen molar-refractivity contribution in [2.24, 2.45) is 7.05 Å². The Labute approximate surface area is 144 Å². The summed E-state index contributed by atoms with van der Waals surface area (Å²) in [6.07, 6.45) is 0.220.